The number of phenolic OH excluding ortho intramolecular Hbond substituents is 1. The molecule has 1 aromatic heterocycles. The highest BCUT2D eigenvalue weighted by Crippen LogP contribution is 2.45. The van der Waals surface area contributed by atoms with E-state index in [0.29, 0.717) is 33.0 Å². The summed E-state index contributed by atoms with van der Waals surface area (Å²) in [5.41, 5.74) is 3.71. The molecule has 4 aromatic rings. The van der Waals surface area contributed by atoms with Gasteiger partial charge in [-0.05, 0) is 60.0 Å². The van der Waals surface area contributed by atoms with Crippen LogP contribution in [0.2, 0.25) is 5.02 Å². The number of aromatic hydroxyl groups is 1. The number of halogens is 3. The minimum Gasteiger partial charge on any atom is -0.507 e. The summed E-state index contributed by atoms with van der Waals surface area (Å²) in [6.45, 7) is 1.97. The summed E-state index contributed by atoms with van der Waals surface area (Å²) >= 11 is 6.30. The van der Waals surface area contributed by atoms with Crippen LogP contribution in [0.25, 0.3) is 11.3 Å². The second-order valence-electron chi connectivity index (χ2n) is 7.99. The first kappa shape index (κ1) is 21.2. The van der Waals surface area contributed by atoms with Crippen LogP contribution in [0.1, 0.15) is 38.8 Å². The van der Waals surface area contributed by atoms with E-state index in [2.05, 4.69) is 10.2 Å². The normalized spacial score (nSPS) is 15.2. The summed E-state index contributed by atoms with van der Waals surface area (Å²) in [6.07, 6.45) is 0. The fourth-order valence-electron chi connectivity index (χ4n) is 4.20. The molecule has 2 heterocycles. The average Bonchev–Trinajstić information content (AvgIpc) is 3.32. The van der Waals surface area contributed by atoms with Gasteiger partial charge in [-0.15, -0.1) is 0 Å². The number of aromatic amines is 1. The molecule has 0 radical (unpaired) electrons. The maximum absolute atomic E-state index is 13.7. The van der Waals surface area contributed by atoms with Crippen molar-refractivity contribution in [3.8, 4) is 17.0 Å². The van der Waals surface area contributed by atoms with Crippen molar-refractivity contribution in [2.45, 2.75) is 19.5 Å². The van der Waals surface area contributed by atoms with E-state index in [1.807, 2.05) is 0 Å². The van der Waals surface area contributed by atoms with Crippen LogP contribution in [0, 0.1) is 18.6 Å². The molecule has 1 aliphatic rings. The first-order valence-electron chi connectivity index (χ1n) is 10.2. The highest BCUT2D eigenvalue weighted by molar-refractivity contribution is 6.31. The number of phenols is 1. The number of hydrogen-bond donors (Lipinski definition) is 2. The number of nitrogens with one attached hydrogen (secondary N) is 1. The van der Waals surface area contributed by atoms with Crippen molar-refractivity contribution < 1.29 is 18.7 Å². The number of benzene rings is 3. The molecule has 0 fully saturated rings. The second kappa shape index (κ2) is 8.01. The van der Waals surface area contributed by atoms with Crippen LogP contribution in [0.5, 0.6) is 5.75 Å². The lowest BCUT2D eigenvalue weighted by Gasteiger charge is -2.26. The zero-order valence-electron chi connectivity index (χ0n) is 17.4. The molecular weight excluding hydrogens is 448 g/mol. The Morgan fingerprint density at radius 2 is 1.70 bits per heavy atom. The van der Waals surface area contributed by atoms with Crippen LogP contribution in [0.15, 0.2) is 60.7 Å². The Bertz CT molecular complexity index is 1370. The van der Waals surface area contributed by atoms with E-state index in [9.17, 15) is 18.7 Å². The number of rotatable bonds is 4. The molecule has 0 saturated carbocycles. The van der Waals surface area contributed by atoms with Crippen molar-refractivity contribution >= 4 is 17.5 Å². The monoisotopic (exact) mass is 465 g/mol. The number of H-pyrrole nitrogens is 1. The number of nitrogens with zero attached hydrogens (tertiary/aromatic N) is 2. The van der Waals surface area contributed by atoms with E-state index >= 15 is 0 Å². The summed E-state index contributed by atoms with van der Waals surface area (Å²) in [4.78, 5) is 15.0. The minimum atomic E-state index is -0.605. The Balaban J connectivity index is 1.66. The highest BCUT2D eigenvalue weighted by Gasteiger charge is 2.42. The van der Waals surface area contributed by atoms with Crippen molar-refractivity contribution in [2.75, 3.05) is 0 Å². The SMILES string of the molecule is Cc1cc(O)c(-c2n[nH]c3c2C(c2ccc(F)cc2)N(Cc2ccc(F)cc2)C3=O)cc1Cl. The molecule has 0 saturated heterocycles. The summed E-state index contributed by atoms with van der Waals surface area (Å²) in [5, 5.41) is 18.2. The number of amides is 1. The fraction of sp³-hybridized carbons (Fsp3) is 0.120. The predicted molar refractivity (Wildman–Crippen MR) is 120 cm³/mol. The van der Waals surface area contributed by atoms with Crippen LogP contribution in [0.3, 0.4) is 0 Å². The van der Waals surface area contributed by atoms with Crippen molar-refractivity contribution in [2.24, 2.45) is 0 Å². The third kappa shape index (κ3) is 3.64. The third-order valence-electron chi connectivity index (χ3n) is 5.85. The summed E-state index contributed by atoms with van der Waals surface area (Å²) in [6, 6.07) is 14.3. The van der Waals surface area contributed by atoms with Crippen LogP contribution >= 0.6 is 11.6 Å². The molecule has 1 aliphatic heterocycles. The molecule has 33 heavy (non-hydrogen) atoms. The van der Waals surface area contributed by atoms with Crippen molar-refractivity contribution in [1.82, 2.24) is 15.1 Å². The summed E-state index contributed by atoms with van der Waals surface area (Å²) < 4.78 is 27.1. The standard InChI is InChI=1S/C25H18ClF2N3O2/c1-13-10-20(32)18(11-19(13)26)22-21-23(30-29-22)25(33)31(12-14-2-6-16(27)7-3-14)24(21)15-4-8-17(28)9-5-15/h2-11,24,32H,12H2,1H3,(H,29,30). The topological polar surface area (TPSA) is 69.2 Å². The molecule has 1 amide bonds. The average molecular weight is 466 g/mol. The van der Waals surface area contributed by atoms with Gasteiger partial charge in [0.25, 0.3) is 5.91 Å². The number of fused-ring (bicyclic) bond motifs is 1. The van der Waals surface area contributed by atoms with E-state index in [1.54, 1.807) is 48.2 Å². The Morgan fingerprint density at radius 3 is 2.36 bits per heavy atom. The van der Waals surface area contributed by atoms with Crippen LogP contribution in [-0.4, -0.2) is 26.1 Å². The highest BCUT2D eigenvalue weighted by atomic mass is 35.5. The van der Waals surface area contributed by atoms with Gasteiger partial charge in [0, 0.05) is 22.7 Å². The lowest BCUT2D eigenvalue weighted by molar-refractivity contribution is 0.0730. The third-order valence-corrected chi connectivity index (χ3v) is 6.25. The molecule has 1 atom stereocenters. The number of aryl methyl sites for hydroxylation is 1. The van der Waals surface area contributed by atoms with E-state index < -0.39 is 11.9 Å². The molecule has 5 nitrogen and oxygen atoms in total. The molecule has 0 aliphatic carbocycles. The summed E-state index contributed by atoms with van der Waals surface area (Å²) in [7, 11) is 0. The largest absolute Gasteiger partial charge is 0.507 e. The fourth-order valence-corrected chi connectivity index (χ4v) is 4.36. The maximum Gasteiger partial charge on any atom is 0.273 e. The first-order chi connectivity index (χ1) is 15.8. The van der Waals surface area contributed by atoms with Crippen LogP contribution in [0.4, 0.5) is 8.78 Å². The van der Waals surface area contributed by atoms with Crippen molar-refractivity contribution in [3.05, 3.63) is 105 Å². The van der Waals surface area contributed by atoms with E-state index in [0.717, 1.165) is 5.56 Å². The molecule has 166 valence electrons. The van der Waals surface area contributed by atoms with Gasteiger partial charge in [0.15, 0.2) is 0 Å². The molecule has 8 heteroatoms. The van der Waals surface area contributed by atoms with Gasteiger partial charge in [-0.3, -0.25) is 9.89 Å². The maximum atomic E-state index is 13.7. The number of carbonyl (C=O) groups is 1. The number of hydrogen-bond acceptors (Lipinski definition) is 3. The van der Waals surface area contributed by atoms with E-state index in [1.165, 1.54) is 24.3 Å². The zero-order valence-corrected chi connectivity index (χ0v) is 18.2. The molecule has 0 spiro atoms. The Hall–Kier alpha value is -3.71. The molecule has 1 unspecified atom stereocenters. The number of aromatic nitrogens is 2. The quantitative estimate of drug-likeness (QED) is 0.402. The van der Waals surface area contributed by atoms with Gasteiger partial charge < -0.3 is 10.0 Å². The summed E-state index contributed by atoms with van der Waals surface area (Å²) in [5.74, 6) is -1.10. The molecule has 3 aromatic carbocycles. The zero-order chi connectivity index (χ0) is 23.3. The Morgan fingerprint density at radius 1 is 1.06 bits per heavy atom. The lowest BCUT2D eigenvalue weighted by Crippen LogP contribution is -2.29. The van der Waals surface area contributed by atoms with Gasteiger partial charge in [0.2, 0.25) is 0 Å². The van der Waals surface area contributed by atoms with Crippen molar-refractivity contribution in [1.29, 1.82) is 0 Å². The lowest BCUT2D eigenvalue weighted by atomic mass is 9.95. The Labute approximate surface area is 193 Å². The van der Waals surface area contributed by atoms with Gasteiger partial charge in [-0.2, -0.15) is 5.10 Å². The Kier molecular flexibility index (Phi) is 5.13. The number of carbonyl (C=O) groups excluding carboxylic acids is 1. The van der Waals surface area contributed by atoms with Gasteiger partial charge >= 0.3 is 0 Å². The minimum absolute atomic E-state index is 0.0199. The van der Waals surface area contributed by atoms with Gasteiger partial charge in [-0.1, -0.05) is 35.9 Å². The first-order valence-corrected chi connectivity index (χ1v) is 10.6. The van der Waals surface area contributed by atoms with E-state index in [-0.39, 0.29) is 29.7 Å². The van der Waals surface area contributed by atoms with Crippen molar-refractivity contribution in [3.63, 3.8) is 0 Å². The predicted octanol–water partition coefficient (Wildman–Crippen LogP) is 5.77. The van der Waals surface area contributed by atoms with E-state index in [4.69, 9.17) is 11.6 Å². The molecule has 2 N–H and O–H groups in total. The van der Waals surface area contributed by atoms with Crippen LogP contribution in [-0.2, 0) is 6.54 Å². The molecule has 5 rings (SSSR count). The van der Waals surface area contributed by atoms with Gasteiger partial charge in [0.1, 0.15) is 28.8 Å². The molecule has 0 bridgehead atoms. The second-order valence-corrected chi connectivity index (χ2v) is 8.40. The smallest absolute Gasteiger partial charge is 0.273 e. The van der Waals surface area contributed by atoms with Gasteiger partial charge in [0.05, 0.1) is 6.04 Å². The molecular formula is C25H18ClF2N3O2. The van der Waals surface area contributed by atoms with Crippen LogP contribution < -0.4 is 0 Å². The van der Waals surface area contributed by atoms with Gasteiger partial charge in [-0.25, -0.2) is 8.78 Å².